The molecule has 1 heterocycles. The van der Waals surface area contributed by atoms with Gasteiger partial charge in [0.1, 0.15) is 11.6 Å². The molecule has 9 heteroatoms. The maximum atomic E-state index is 13.7. The van der Waals surface area contributed by atoms with Crippen LogP contribution < -0.4 is 9.64 Å². The molecule has 1 atom stereocenters. The van der Waals surface area contributed by atoms with Gasteiger partial charge in [0.15, 0.2) is 6.61 Å². The van der Waals surface area contributed by atoms with Gasteiger partial charge in [0, 0.05) is 29.5 Å². The first kappa shape index (κ1) is 25.7. The zero-order valence-corrected chi connectivity index (χ0v) is 20.8. The summed E-state index contributed by atoms with van der Waals surface area (Å²) in [5, 5.41) is 9.06. The number of hydrogen-bond donors (Lipinski definition) is 3. The SMILES string of the molecule is CCCC[C@@]1(CC)CN(c2ccc(F)cc2)c2cc(SC)c(OCC(=O)O)cc2S(O)(O)C1. The van der Waals surface area contributed by atoms with E-state index in [4.69, 9.17) is 9.84 Å². The summed E-state index contributed by atoms with van der Waals surface area (Å²) in [5.41, 5.74) is 1.03. The maximum Gasteiger partial charge on any atom is 0.341 e. The van der Waals surface area contributed by atoms with Crippen LogP contribution >= 0.6 is 22.4 Å². The quantitative estimate of drug-likeness (QED) is 0.326. The normalized spacial score (nSPS) is 20.6. The van der Waals surface area contributed by atoms with Gasteiger partial charge < -0.3 is 14.7 Å². The summed E-state index contributed by atoms with van der Waals surface area (Å²) < 4.78 is 42.0. The number of rotatable bonds is 9. The first-order valence-electron chi connectivity index (χ1n) is 11.0. The molecule has 6 nitrogen and oxygen atoms in total. The van der Waals surface area contributed by atoms with Crippen LogP contribution in [0.3, 0.4) is 0 Å². The summed E-state index contributed by atoms with van der Waals surface area (Å²) in [6.07, 6.45) is 5.39. The molecule has 0 amide bonds. The molecule has 0 unspecified atom stereocenters. The third kappa shape index (κ3) is 5.77. The van der Waals surface area contributed by atoms with E-state index < -0.39 is 23.2 Å². The summed E-state index contributed by atoms with van der Waals surface area (Å²) in [6, 6.07) is 9.59. The molecule has 3 rings (SSSR count). The van der Waals surface area contributed by atoms with Gasteiger partial charge in [-0.3, -0.25) is 9.11 Å². The number of fused-ring (bicyclic) bond motifs is 1. The zero-order chi connectivity index (χ0) is 24.2. The Morgan fingerprint density at radius 3 is 2.52 bits per heavy atom. The number of aliphatic carboxylic acids is 1. The Bertz CT molecular complexity index is 986. The van der Waals surface area contributed by atoms with Crippen molar-refractivity contribution in [2.75, 3.05) is 30.1 Å². The molecule has 1 aliphatic heterocycles. The number of carboxylic acid groups (broad SMARTS) is 1. The van der Waals surface area contributed by atoms with Gasteiger partial charge in [-0.2, -0.15) is 10.6 Å². The van der Waals surface area contributed by atoms with Gasteiger partial charge in [-0.1, -0.05) is 26.7 Å². The Morgan fingerprint density at radius 1 is 1.24 bits per heavy atom. The average molecular weight is 498 g/mol. The number of ether oxygens (including phenoxy) is 1. The largest absolute Gasteiger partial charge is 0.481 e. The molecule has 1 aliphatic rings. The molecule has 2 aromatic carbocycles. The molecule has 2 aromatic rings. The molecule has 0 aliphatic carbocycles. The summed E-state index contributed by atoms with van der Waals surface area (Å²) in [6.45, 7) is 4.21. The number of hydrogen-bond acceptors (Lipinski definition) is 6. The highest BCUT2D eigenvalue weighted by molar-refractivity contribution is 8.24. The lowest BCUT2D eigenvalue weighted by atomic mass is 9.81. The van der Waals surface area contributed by atoms with Crippen LogP contribution in [0.4, 0.5) is 15.8 Å². The first-order valence-corrected chi connectivity index (χ1v) is 13.9. The van der Waals surface area contributed by atoms with Gasteiger partial charge in [-0.25, -0.2) is 9.18 Å². The number of carbonyl (C=O) groups is 1. The Balaban J connectivity index is 2.22. The second-order valence-corrected chi connectivity index (χ2v) is 11.4. The molecule has 0 spiro atoms. The van der Waals surface area contributed by atoms with Crippen molar-refractivity contribution < 1.29 is 28.1 Å². The van der Waals surface area contributed by atoms with E-state index in [1.807, 2.05) is 17.2 Å². The van der Waals surface area contributed by atoms with Crippen LogP contribution in [0.1, 0.15) is 39.5 Å². The van der Waals surface area contributed by atoms with Crippen molar-refractivity contribution in [3.63, 3.8) is 0 Å². The van der Waals surface area contributed by atoms with Gasteiger partial charge in [0.2, 0.25) is 0 Å². The van der Waals surface area contributed by atoms with Crippen molar-refractivity contribution in [3.8, 4) is 5.75 Å². The van der Waals surface area contributed by atoms with Gasteiger partial charge in [-0.15, -0.1) is 11.8 Å². The molecule has 182 valence electrons. The zero-order valence-electron chi connectivity index (χ0n) is 19.2. The number of halogens is 1. The van der Waals surface area contributed by atoms with Crippen LogP contribution in [0.15, 0.2) is 46.2 Å². The van der Waals surface area contributed by atoms with E-state index in [0.717, 1.165) is 31.4 Å². The van der Waals surface area contributed by atoms with Crippen molar-refractivity contribution in [2.45, 2.75) is 49.3 Å². The van der Waals surface area contributed by atoms with E-state index in [2.05, 4.69) is 13.8 Å². The molecule has 0 bridgehead atoms. The molecular formula is C24H32FNO5S2. The molecule has 0 saturated carbocycles. The summed E-state index contributed by atoms with van der Waals surface area (Å²) >= 11 is 1.39. The van der Waals surface area contributed by atoms with Crippen LogP contribution in [-0.4, -0.2) is 45.3 Å². The predicted octanol–water partition coefficient (Wildman–Crippen LogP) is 6.86. The standard InChI is InChI=1S/C24H32FNO5S2/c1-4-6-11-24(5-2)15-26(18-9-7-17(25)8-10-18)19-12-21(32-3)20(31-14-23(27)28)13-22(19)33(29,30)16-24/h7-10,12-13,29-30H,4-6,11,14-16H2,1-3H3,(H,27,28)/t24-/m0/s1. The number of benzene rings is 2. The third-order valence-electron chi connectivity index (χ3n) is 6.19. The Labute approximate surface area is 200 Å². The lowest BCUT2D eigenvalue weighted by Gasteiger charge is -2.41. The molecule has 0 aromatic heterocycles. The van der Waals surface area contributed by atoms with E-state index in [-0.39, 0.29) is 17.0 Å². The molecule has 3 N–H and O–H groups in total. The topological polar surface area (TPSA) is 90.2 Å². The van der Waals surface area contributed by atoms with Crippen molar-refractivity contribution in [3.05, 3.63) is 42.2 Å². The smallest absolute Gasteiger partial charge is 0.341 e. The van der Waals surface area contributed by atoms with Gasteiger partial charge >= 0.3 is 5.97 Å². The van der Waals surface area contributed by atoms with Crippen LogP contribution in [0.5, 0.6) is 5.75 Å². The van der Waals surface area contributed by atoms with E-state index in [0.29, 0.717) is 27.8 Å². The number of nitrogens with zero attached hydrogens (tertiary/aromatic N) is 1. The molecule has 33 heavy (non-hydrogen) atoms. The fourth-order valence-corrected chi connectivity index (χ4v) is 7.13. The molecule has 0 fully saturated rings. The Hall–Kier alpha value is -1.94. The Kier molecular flexibility index (Phi) is 8.21. The maximum absolute atomic E-state index is 13.7. The summed E-state index contributed by atoms with van der Waals surface area (Å²) in [7, 11) is -3.22. The van der Waals surface area contributed by atoms with Gasteiger partial charge in [0.25, 0.3) is 0 Å². The minimum atomic E-state index is -3.22. The highest BCUT2D eigenvalue weighted by atomic mass is 32.3. The number of thioether (sulfide) groups is 1. The van der Waals surface area contributed by atoms with E-state index in [1.165, 1.54) is 23.9 Å². The summed E-state index contributed by atoms with van der Waals surface area (Å²) in [5.74, 6) is -0.938. The van der Waals surface area contributed by atoms with Crippen molar-refractivity contribution in [1.29, 1.82) is 0 Å². The van der Waals surface area contributed by atoms with Crippen molar-refractivity contribution >= 4 is 39.7 Å². The van der Waals surface area contributed by atoms with Crippen molar-refractivity contribution in [2.24, 2.45) is 5.41 Å². The number of carboxylic acids is 1. The Morgan fingerprint density at radius 2 is 1.94 bits per heavy atom. The number of unbranched alkanes of at least 4 members (excludes halogenated alkanes) is 1. The molecular weight excluding hydrogens is 465 g/mol. The average Bonchev–Trinajstić information content (AvgIpc) is 2.88. The highest BCUT2D eigenvalue weighted by Crippen LogP contribution is 2.62. The lowest BCUT2D eigenvalue weighted by Crippen LogP contribution is -2.37. The first-order chi connectivity index (χ1) is 15.6. The molecule has 0 saturated heterocycles. The fraction of sp³-hybridized carbons (Fsp3) is 0.458. The van der Waals surface area contributed by atoms with Crippen LogP contribution in [0.25, 0.3) is 0 Å². The molecule has 0 radical (unpaired) electrons. The lowest BCUT2D eigenvalue weighted by molar-refractivity contribution is -0.139. The van der Waals surface area contributed by atoms with E-state index in [9.17, 15) is 18.3 Å². The third-order valence-corrected chi connectivity index (χ3v) is 8.99. The second-order valence-electron chi connectivity index (χ2n) is 8.48. The predicted molar refractivity (Wildman–Crippen MR) is 133 cm³/mol. The van der Waals surface area contributed by atoms with E-state index >= 15 is 0 Å². The van der Waals surface area contributed by atoms with Crippen LogP contribution in [-0.2, 0) is 4.79 Å². The fourth-order valence-electron chi connectivity index (χ4n) is 4.33. The summed E-state index contributed by atoms with van der Waals surface area (Å²) in [4.78, 5) is 14.1. The van der Waals surface area contributed by atoms with Gasteiger partial charge in [0.05, 0.1) is 15.5 Å². The van der Waals surface area contributed by atoms with Crippen LogP contribution in [0.2, 0.25) is 0 Å². The highest BCUT2D eigenvalue weighted by Gasteiger charge is 2.42. The van der Waals surface area contributed by atoms with Crippen LogP contribution in [0, 0.1) is 11.2 Å². The minimum Gasteiger partial charge on any atom is -0.481 e. The second kappa shape index (κ2) is 10.5. The van der Waals surface area contributed by atoms with E-state index in [1.54, 1.807) is 18.2 Å². The minimum absolute atomic E-state index is 0.207. The number of anilines is 2. The van der Waals surface area contributed by atoms with Gasteiger partial charge in [-0.05, 0) is 49.4 Å². The van der Waals surface area contributed by atoms with Crippen molar-refractivity contribution in [1.82, 2.24) is 0 Å². The monoisotopic (exact) mass is 497 g/mol.